The molecule has 1 aromatic rings. The van der Waals surface area contributed by atoms with Gasteiger partial charge in [-0.1, -0.05) is 37.9 Å². The van der Waals surface area contributed by atoms with Gasteiger partial charge in [0.15, 0.2) is 0 Å². The zero-order valence-electron chi connectivity index (χ0n) is 9.21. The van der Waals surface area contributed by atoms with E-state index in [2.05, 4.69) is 0 Å². The van der Waals surface area contributed by atoms with E-state index in [0.29, 0.717) is 5.56 Å². The van der Waals surface area contributed by atoms with Crippen LogP contribution in [-0.4, -0.2) is 11.1 Å². The molecule has 0 spiro atoms. The minimum Gasteiger partial charge on any atom is -0.481 e. The molecular weight excluding hydrogens is 231 g/mol. The molecule has 2 nitrogen and oxygen atoms in total. The fraction of sp³-hybridized carbons (Fsp3) is 0.417. The Balaban J connectivity index is 3.16. The van der Waals surface area contributed by atoms with Crippen molar-refractivity contribution < 1.29 is 14.3 Å². The van der Waals surface area contributed by atoms with Crippen molar-refractivity contribution in [1.82, 2.24) is 0 Å². The van der Waals surface area contributed by atoms with Gasteiger partial charge in [-0.2, -0.15) is 0 Å². The maximum absolute atomic E-state index is 12.9. The Morgan fingerprint density at radius 2 is 2.19 bits per heavy atom. The number of aliphatic carboxylic acids is 1. The van der Waals surface area contributed by atoms with E-state index >= 15 is 0 Å². The quantitative estimate of drug-likeness (QED) is 0.877. The predicted molar refractivity (Wildman–Crippen MR) is 61.2 cm³/mol. The maximum atomic E-state index is 12.9. The lowest BCUT2D eigenvalue weighted by Crippen LogP contribution is -2.19. The minimum atomic E-state index is -0.928. The second kappa shape index (κ2) is 5.30. The van der Waals surface area contributed by atoms with Gasteiger partial charge in [0.2, 0.25) is 0 Å². The molecule has 1 N–H and O–H groups in total. The van der Waals surface area contributed by atoms with Crippen LogP contribution in [0.2, 0.25) is 5.02 Å². The van der Waals surface area contributed by atoms with Gasteiger partial charge in [-0.05, 0) is 23.6 Å². The molecule has 0 aliphatic heterocycles. The van der Waals surface area contributed by atoms with Gasteiger partial charge in [-0.25, -0.2) is 4.39 Å². The third-order valence-electron chi connectivity index (χ3n) is 2.78. The van der Waals surface area contributed by atoms with Crippen molar-refractivity contribution in [2.45, 2.75) is 26.2 Å². The standard InChI is InChI=1S/C12H14ClFO2/c1-3-7(2)11(12(15)16)9-5-4-8(14)6-10(9)13/h4-7,11H,3H2,1-2H3,(H,15,16). The first kappa shape index (κ1) is 13.0. The molecule has 4 heteroatoms. The third-order valence-corrected chi connectivity index (χ3v) is 3.10. The Hall–Kier alpha value is -1.09. The van der Waals surface area contributed by atoms with Crippen LogP contribution in [-0.2, 0) is 4.79 Å². The second-order valence-electron chi connectivity index (χ2n) is 3.87. The molecule has 0 aliphatic rings. The molecule has 88 valence electrons. The van der Waals surface area contributed by atoms with Gasteiger partial charge in [-0.3, -0.25) is 4.79 Å². The normalized spacial score (nSPS) is 14.5. The second-order valence-corrected chi connectivity index (χ2v) is 4.27. The van der Waals surface area contributed by atoms with Crippen LogP contribution in [0.1, 0.15) is 31.7 Å². The summed E-state index contributed by atoms with van der Waals surface area (Å²) >= 11 is 5.87. The monoisotopic (exact) mass is 244 g/mol. The molecule has 0 aliphatic carbocycles. The summed E-state index contributed by atoms with van der Waals surface area (Å²) in [4.78, 5) is 11.2. The lowest BCUT2D eigenvalue weighted by atomic mass is 9.85. The van der Waals surface area contributed by atoms with E-state index in [-0.39, 0.29) is 10.9 Å². The Morgan fingerprint density at radius 3 is 2.62 bits per heavy atom. The molecule has 0 amide bonds. The minimum absolute atomic E-state index is 0.0412. The average Bonchev–Trinajstić information content (AvgIpc) is 2.21. The fourth-order valence-corrected chi connectivity index (χ4v) is 1.96. The lowest BCUT2D eigenvalue weighted by Gasteiger charge is -2.20. The molecule has 16 heavy (non-hydrogen) atoms. The molecule has 0 saturated heterocycles. The highest BCUT2D eigenvalue weighted by Crippen LogP contribution is 2.32. The first-order valence-corrected chi connectivity index (χ1v) is 5.53. The van der Waals surface area contributed by atoms with Crippen molar-refractivity contribution in [3.05, 3.63) is 34.6 Å². The third kappa shape index (κ3) is 2.73. The number of hydrogen-bond acceptors (Lipinski definition) is 1. The zero-order valence-corrected chi connectivity index (χ0v) is 9.96. The molecule has 1 aromatic carbocycles. The van der Waals surface area contributed by atoms with Crippen molar-refractivity contribution in [2.24, 2.45) is 5.92 Å². The molecule has 0 saturated carbocycles. The van der Waals surface area contributed by atoms with Crippen LogP contribution in [0.5, 0.6) is 0 Å². The Kier molecular flexibility index (Phi) is 4.30. The topological polar surface area (TPSA) is 37.3 Å². The Bertz CT molecular complexity index is 393. The summed E-state index contributed by atoms with van der Waals surface area (Å²) in [6, 6.07) is 3.83. The molecule has 0 aromatic heterocycles. The summed E-state index contributed by atoms with van der Waals surface area (Å²) in [6.45, 7) is 3.76. The van der Waals surface area contributed by atoms with Crippen LogP contribution < -0.4 is 0 Å². The zero-order chi connectivity index (χ0) is 12.3. The van der Waals surface area contributed by atoms with Crippen LogP contribution in [0.15, 0.2) is 18.2 Å². The molecular formula is C12H14ClFO2. The maximum Gasteiger partial charge on any atom is 0.311 e. The highest BCUT2D eigenvalue weighted by atomic mass is 35.5. The highest BCUT2D eigenvalue weighted by Gasteiger charge is 2.27. The number of halogens is 2. The summed E-state index contributed by atoms with van der Waals surface area (Å²) in [5, 5.41) is 9.34. The van der Waals surface area contributed by atoms with E-state index in [1.165, 1.54) is 12.1 Å². The van der Waals surface area contributed by atoms with Gasteiger partial charge in [0, 0.05) is 5.02 Å². The number of carboxylic acids is 1. The molecule has 0 fully saturated rings. The largest absolute Gasteiger partial charge is 0.481 e. The van der Waals surface area contributed by atoms with Crippen LogP contribution in [0.4, 0.5) is 4.39 Å². The smallest absolute Gasteiger partial charge is 0.311 e. The molecule has 2 unspecified atom stereocenters. The molecule has 1 rings (SSSR count). The summed E-state index contributed by atoms with van der Waals surface area (Å²) < 4.78 is 12.9. The van der Waals surface area contributed by atoms with E-state index in [0.717, 1.165) is 12.5 Å². The van der Waals surface area contributed by atoms with E-state index in [9.17, 15) is 9.18 Å². The first-order valence-electron chi connectivity index (χ1n) is 5.15. The molecule has 0 bridgehead atoms. The van der Waals surface area contributed by atoms with Crippen molar-refractivity contribution in [3.63, 3.8) is 0 Å². The number of carboxylic acid groups (broad SMARTS) is 1. The fourth-order valence-electron chi connectivity index (χ4n) is 1.67. The van der Waals surface area contributed by atoms with Crippen LogP contribution in [0, 0.1) is 11.7 Å². The van der Waals surface area contributed by atoms with E-state index in [4.69, 9.17) is 16.7 Å². The van der Waals surface area contributed by atoms with E-state index < -0.39 is 17.7 Å². The van der Waals surface area contributed by atoms with E-state index in [1.807, 2.05) is 13.8 Å². The van der Waals surface area contributed by atoms with Crippen molar-refractivity contribution in [1.29, 1.82) is 0 Å². The number of carbonyl (C=O) groups is 1. The molecule has 0 heterocycles. The van der Waals surface area contributed by atoms with Gasteiger partial charge in [0.1, 0.15) is 5.82 Å². The van der Waals surface area contributed by atoms with Gasteiger partial charge < -0.3 is 5.11 Å². The molecule has 0 radical (unpaired) electrons. The SMILES string of the molecule is CCC(C)C(C(=O)O)c1ccc(F)cc1Cl. The van der Waals surface area contributed by atoms with Crippen LogP contribution >= 0.6 is 11.6 Å². The summed E-state index contributed by atoms with van der Waals surface area (Å²) in [6.07, 6.45) is 0.727. The average molecular weight is 245 g/mol. The van der Waals surface area contributed by atoms with Crippen LogP contribution in [0.25, 0.3) is 0 Å². The van der Waals surface area contributed by atoms with Crippen molar-refractivity contribution in [3.8, 4) is 0 Å². The van der Waals surface area contributed by atoms with Gasteiger partial charge in [0.05, 0.1) is 5.92 Å². The first-order chi connectivity index (χ1) is 7.47. The molecule has 2 atom stereocenters. The van der Waals surface area contributed by atoms with E-state index in [1.54, 1.807) is 0 Å². The number of hydrogen-bond donors (Lipinski definition) is 1. The van der Waals surface area contributed by atoms with Crippen molar-refractivity contribution in [2.75, 3.05) is 0 Å². The number of rotatable bonds is 4. The van der Waals surface area contributed by atoms with Crippen LogP contribution in [0.3, 0.4) is 0 Å². The Morgan fingerprint density at radius 1 is 1.56 bits per heavy atom. The number of benzene rings is 1. The lowest BCUT2D eigenvalue weighted by molar-refractivity contribution is -0.140. The summed E-state index contributed by atoms with van der Waals surface area (Å²) in [5.41, 5.74) is 0.477. The summed E-state index contributed by atoms with van der Waals surface area (Å²) in [5.74, 6) is -2.11. The van der Waals surface area contributed by atoms with Gasteiger partial charge in [-0.15, -0.1) is 0 Å². The van der Waals surface area contributed by atoms with Gasteiger partial charge >= 0.3 is 5.97 Å². The van der Waals surface area contributed by atoms with Gasteiger partial charge in [0.25, 0.3) is 0 Å². The highest BCUT2D eigenvalue weighted by molar-refractivity contribution is 6.31. The summed E-state index contributed by atoms with van der Waals surface area (Å²) in [7, 11) is 0. The van der Waals surface area contributed by atoms with Crippen molar-refractivity contribution >= 4 is 17.6 Å². The Labute approximate surface area is 99.0 Å². The predicted octanol–water partition coefficient (Wildman–Crippen LogP) is 3.69.